The third-order valence-electron chi connectivity index (χ3n) is 3.57. The van der Waals surface area contributed by atoms with Crippen LogP contribution in [0.25, 0.3) is 10.8 Å². The van der Waals surface area contributed by atoms with Gasteiger partial charge in [0.15, 0.2) is 0 Å². The van der Waals surface area contributed by atoms with Crippen molar-refractivity contribution >= 4 is 61.5 Å². The first-order valence-corrected chi connectivity index (χ1v) is 8.58. The summed E-state index contributed by atoms with van der Waals surface area (Å²) in [4.78, 5) is 12.7. The van der Waals surface area contributed by atoms with Crippen molar-refractivity contribution in [2.24, 2.45) is 0 Å². The van der Waals surface area contributed by atoms with Crippen LogP contribution in [0.1, 0.15) is 10.4 Å². The minimum Gasteiger partial charge on any atom is -0.495 e. The highest BCUT2D eigenvalue weighted by atomic mass is 79.9. The predicted molar refractivity (Wildman–Crippen MR) is 103 cm³/mol. The van der Waals surface area contributed by atoms with Crippen molar-refractivity contribution in [2.75, 3.05) is 12.4 Å². The number of rotatable bonds is 3. The summed E-state index contributed by atoms with van der Waals surface area (Å²) in [6.45, 7) is 0. The van der Waals surface area contributed by atoms with E-state index in [1.807, 2.05) is 24.3 Å². The lowest BCUT2D eigenvalue weighted by atomic mass is 10.1. The molecule has 0 fully saturated rings. The van der Waals surface area contributed by atoms with Crippen molar-refractivity contribution in [3.05, 3.63) is 68.6 Å². The monoisotopic (exact) mass is 423 g/mol. The molecule has 0 aliphatic heterocycles. The number of methoxy groups -OCH3 is 1. The second kappa shape index (κ2) is 7.01. The van der Waals surface area contributed by atoms with Gasteiger partial charge in [-0.05, 0) is 51.0 Å². The number of hydrogen-bond acceptors (Lipinski definition) is 2. The highest BCUT2D eigenvalue weighted by Gasteiger charge is 2.19. The number of fused-ring (bicyclic) bond motifs is 1. The average Bonchev–Trinajstić information content (AvgIpc) is 2.58. The van der Waals surface area contributed by atoms with Crippen molar-refractivity contribution in [1.82, 2.24) is 0 Å². The van der Waals surface area contributed by atoms with Gasteiger partial charge in [-0.1, -0.05) is 47.5 Å². The van der Waals surface area contributed by atoms with Gasteiger partial charge in [0, 0.05) is 5.02 Å². The number of ether oxygens (including phenoxy) is 1. The number of hydrogen-bond donors (Lipinski definition) is 1. The maximum absolute atomic E-state index is 12.7. The van der Waals surface area contributed by atoms with Crippen LogP contribution >= 0.6 is 39.1 Å². The van der Waals surface area contributed by atoms with E-state index in [1.165, 1.54) is 7.11 Å². The van der Waals surface area contributed by atoms with Gasteiger partial charge in [-0.2, -0.15) is 0 Å². The molecule has 3 aromatic rings. The van der Waals surface area contributed by atoms with E-state index < -0.39 is 0 Å². The molecule has 0 saturated carbocycles. The lowest BCUT2D eigenvalue weighted by molar-refractivity contribution is 0.102. The van der Waals surface area contributed by atoms with Crippen LogP contribution in [-0.2, 0) is 0 Å². The molecule has 0 unspecified atom stereocenters. The third-order valence-corrected chi connectivity index (χ3v) is 4.92. The van der Waals surface area contributed by atoms with Crippen LogP contribution in [0.3, 0.4) is 0 Å². The van der Waals surface area contributed by atoms with Crippen LogP contribution in [0.15, 0.2) is 53.0 Å². The molecule has 3 aromatic carbocycles. The standard InChI is InChI=1S/C18H12BrCl2NO2/c1-24-17-13(8-10-4-2-3-5-12(10)16(17)19)18(23)22-15-9-11(20)6-7-14(15)21/h2-9H,1H3,(H,22,23). The fraction of sp³-hybridized carbons (Fsp3) is 0.0556. The highest BCUT2D eigenvalue weighted by Crippen LogP contribution is 2.37. The molecule has 3 nitrogen and oxygen atoms in total. The third kappa shape index (κ3) is 3.22. The number of anilines is 1. The molecule has 1 amide bonds. The van der Waals surface area contributed by atoms with Crippen LogP contribution in [-0.4, -0.2) is 13.0 Å². The van der Waals surface area contributed by atoms with Gasteiger partial charge in [-0.15, -0.1) is 0 Å². The number of halogens is 3. The fourth-order valence-electron chi connectivity index (χ4n) is 2.44. The zero-order chi connectivity index (χ0) is 17.3. The molecule has 0 saturated heterocycles. The van der Waals surface area contributed by atoms with Crippen LogP contribution in [0.2, 0.25) is 10.0 Å². The molecule has 0 spiro atoms. The Hall–Kier alpha value is -1.75. The minimum atomic E-state index is -0.331. The molecular weight excluding hydrogens is 413 g/mol. The quantitative estimate of drug-likeness (QED) is 0.545. The summed E-state index contributed by atoms with van der Waals surface area (Å²) in [5, 5.41) is 5.56. The Bertz CT molecular complexity index is 944. The summed E-state index contributed by atoms with van der Waals surface area (Å²) in [7, 11) is 1.53. The number of carbonyl (C=O) groups is 1. The lowest BCUT2D eigenvalue weighted by Gasteiger charge is -2.14. The molecule has 0 bridgehead atoms. The van der Waals surface area contributed by atoms with Gasteiger partial charge in [0.05, 0.1) is 27.9 Å². The van der Waals surface area contributed by atoms with Crippen molar-refractivity contribution < 1.29 is 9.53 Å². The van der Waals surface area contributed by atoms with E-state index in [-0.39, 0.29) is 5.91 Å². The van der Waals surface area contributed by atoms with E-state index in [9.17, 15) is 4.79 Å². The molecule has 0 aliphatic rings. The van der Waals surface area contributed by atoms with E-state index in [1.54, 1.807) is 24.3 Å². The Balaban J connectivity index is 2.08. The molecule has 0 radical (unpaired) electrons. The second-order valence-corrected chi connectivity index (χ2v) is 6.71. The molecule has 122 valence electrons. The van der Waals surface area contributed by atoms with Crippen molar-refractivity contribution in [3.8, 4) is 5.75 Å². The Morgan fingerprint density at radius 1 is 1.12 bits per heavy atom. The summed E-state index contributed by atoms with van der Waals surface area (Å²) in [6, 6.07) is 14.4. The number of carbonyl (C=O) groups excluding carboxylic acids is 1. The molecule has 0 atom stereocenters. The molecule has 24 heavy (non-hydrogen) atoms. The normalized spacial score (nSPS) is 10.7. The number of amides is 1. The first-order chi connectivity index (χ1) is 11.5. The van der Waals surface area contributed by atoms with Crippen molar-refractivity contribution in [2.45, 2.75) is 0 Å². The van der Waals surface area contributed by atoms with E-state index >= 15 is 0 Å². The Morgan fingerprint density at radius 2 is 1.88 bits per heavy atom. The summed E-state index contributed by atoms with van der Waals surface area (Å²) >= 11 is 15.6. The zero-order valence-electron chi connectivity index (χ0n) is 12.6. The SMILES string of the molecule is COc1c(C(=O)Nc2cc(Cl)ccc2Cl)cc2ccccc2c1Br. The van der Waals surface area contributed by atoms with Crippen molar-refractivity contribution in [1.29, 1.82) is 0 Å². The molecule has 0 heterocycles. The van der Waals surface area contributed by atoms with Crippen LogP contribution < -0.4 is 10.1 Å². The molecular formula is C18H12BrCl2NO2. The largest absolute Gasteiger partial charge is 0.495 e. The van der Waals surface area contributed by atoms with Gasteiger partial charge in [0.2, 0.25) is 0 Å². The van der Waals surface area contributed by atoms with Crippen LogP contribution in [0.5, 0.6) is 5.75 Å². The van der Waals surface area contributed by atoms with Gasteiger partial charge in [0.1, 0.15) is 5.75 Å². The van der Waals surface area contributed by atoms with Crippen LogP contribution in [0.4, 0.5) is 5.69 Å². The first-order valence-electron chi connectivity index (χ1n) is 7.03. The first kappa shape index (κ1) is 17.1. The predicted octanol–water partition coefficient (Wildman–Crippen LogP) is 6.17. The molecule has 6 heteroatoms. The van der Waals surface area contributed by atoms with Crippen LogP contribution in [0, 0.1) is 0 Å². The van der Waals surface area contributed by atoms with Gasteiger partial charge < -0.3 is 10.1 Å². The lowest BCUT2D eigenvalue weighted by Crippen LogP contribution is -2.14. The topological polar surface area (TPSA) is 38.3 Å². The fourth-order valence-corrected chi connectivity index (χ4v) is 3.51. The molecule has 1 N–H and O–H groups in total. The maximum Gasteiger partial charge on any atom is 0.259 e. The van der Waals surface area contributed by atoms with Gasteiger partial charge in [0.25, 0.3) is 5.91 Å². The number of nitrogens with one attached hydrogen (secondary N) is 1. The van der Waals surface area contributed by atoms with Crippen molar-refractivity contribution in [3.63, 3.8) is 0 Å². The minimum absolute atomic E-state index is 0.331. The smallest absolute Gasteiger partial charge is 0.259 e. The van der Waals surface area contributed by atoms with Gasteiger partial charge >= 0.3 is 0 Å². The van der Waals surface area contributed by atoms with E-state index in [2.05, 4.69) is 21.2 Å². The van der Waals surface area contributed by atoms with E-state index in [4.69, 9.17) is 27.9 Å². The molecule has 3 rings (SSSR count). The Kier molecular flexibility index (Phi) is 4.99. The Labute approximate surface area is 157 Å². The summed E-state index contributed by atoms with van der Waals surface area (Å²) in [5.41, 5.74) is 0.847. The zero-order valence-corrected chi connectivity index (χ0v) is 15.7. The summed E-state index contributed by atoms with van der Waals surface area (Å²) in [5.74, 6) is 0.131. The number of benzene rings is 3. The summed E-state index contributed by atoms with van der Waals surface area (Å²) in [6.07, 6.45) is 0. The Morgan fingerprint density at radius 3 is 2.62 bits per heavy atom. The second-order valence-electron chi connectivity index (χ2n) is 5.07. The average molecular weight is 425 g/mol. The van der Waals surface area contributed by atoms with Gasteiger partial charge in [-0.25, -0.2) is 0 Å². The summed E-state index contributed by atoms with van der Waals surface area (Å²) < 4.78 is 6.16. The van der Waals surface area contributed by atoms with Gasteiger partial charge in [-0.3, -0.25) is 4.79 Å². The maximum atomic E-state index is 12.7. The highest BCUT2D eigenvalue weighted by molar-refractivity contribution is 9.10. The molecule has 0 aliphatic carbocycles. The van der Waals surface area contributed by atoms with E-state index in [0.717, 1.165) is 15.2 Å². The van der Waals surface area contributed by atoms with E-state index in [0.29, 0.717) is 27.0 Å². The molecule has 0 aromatic heterocycles.